The van der Waals surface area contributed by atoms with E-state index in [1.54, 1.807) is 0 Å². The predicted molar refractivity (Wildman–Crippen MR) is 108 cm³/mol. The average Bonchev–Trinajstić information content (AvgIpc) is 3.35. The number of rotatable bonds is 6. The van der Waals surface area contributed by atoms with Crippen LogP contribution in [0.1, 0.15) is 22.0 Å². The minimum Gasteiger partial charge on any atom is -0.411 e. The molecule has 1 aliphatic heterocycles. The van der Waals surface area contributed by atoms with Crippen molar-refractivity contribution in [3.63, 3.8) is 0 Å². The standard InChI is InChI=1S/C22H20N2O3S/c25-22-18(14-16-8-3-1-4-9-16)20(23-26)21(19-12-7-13-28-19)24(22)27-15-17-10-5-2-6-11-17/h1-13,18,21,26H,14-15H2. The van der Waals surface area contributed by atoms with E-state index in [9.17, 15) is 10.0 Å². The minimum absolute atomic E-state index is 0.189. The molecule has 2 heterocycles. The summed E-state index contributed by atoms with van der Waals surface area (Å²) >= 11 is 1.51. The van der Waals surface area contributed by atoms with Crippen molar-refractivity contribution in [3.8, 4) is 0 Å². The van der Waals surface area contributed by atoms with Gasteiger partial charge in [-0.1, -0.05) is 71.9 Å². The van der Waals surface area contributed by atoms with Crippen LogP contribution in [0, 0.1) is 5.92 Å². The third kappa shape index (κ3) is 3.69. The van der Waals surface area contributed by atoms with E-state index in [0.29, 0.717) is 12.1 Å². The molecule has 2 unspecified atom stereocenters. The lowest BCUT2D eigenvalue weighted by molar-refractivity contribution is -0.194. The first-order valence-electron chi connectivity index (χ1n) is 9.07. The largest absolute Gasteiger partial charge is 0.411 e. The number of amides is 1. The Kier molecular flexibility index (Phi) is 5.50. The molecule has 0 spiro atoms. The van der Waals surface area contributed by atoms with Gasteiger partial charge in [0.25, 0.3) is 5.91 Å². The maximum absolute atomic E-state index is 13.2. The first kappa shape index (κ1) is 18.4. The van der Waals surface area contributed by atoms with Gasteiger partial charge < -0.3 is 5.21 Å². The lowest BCUT2D eigenvalue weighted by Crippen LogP contribution is -2.30. The van der Waals surface area contributed by atoms with Gasteiger partial charge in [0.1, 0.15) is 18.4 Å². The molecule has 4 rings (SSSR count). The molecule has 28 heavy (non-hydrogen) atoms. The number of hydrogen-bond donors (Lipinski definition) is 1. The molecule has 2 aromatic carbocycles. The molecule has 1 saturated heterocycles. The van der Waals surface area contributed by atoms with Crippen LogP contribution in [0.2, 0.25) is 0 Å². The molecule has 1 N–H and O–H groups in total. The molecule has 0 saturated carbocycles. The van der Waals surface area contributed by atoms with Crippen LogP contribution in [0.15, 0.2) is 83.3 Å². The topological polar surface area (TPSA) is 62.1 Å². The van der Waals surface area contributed by atoms with Crippen LogP contribution in [0.25, 0.3) is 0 Å². The molecule has 6 heteroatoms. The molecule has 2 atom stereocenters. The van der Waals surface area contributed by atoms with E-state index in [0.717, 1.165) is 16.0 Å². The van der Waals surface area contributed by atoms with Gasteiger partial charge in [-0.15, -0.1) is 11.3 Å². The fourth-order valence-corrected chi connectivity index (χ4v) is 4.27. The van der Waals surface area contributed by atoms with Crippen molar-refractivity contribution >= 4 is 23.0 Å². The van der Waals surface area contributed by atoms with E-state index >= 15 is 0 Å². The SMILES string of the molecule is O=C1C(Cc2ccccc2)C(=NO)C(c2cccs2)N1OCc1ccccc1. The molecule has 1 fully saturated rings. The van der Waals surface area contributed by atoms with Crippen molar-refractivity contribution in [1.82, 2.24) is 5.06 Å². The highest BCUT2D eigenvalue weighted by atomic mass is 32.1. The Labute approximate surface area is 167 Å². The number of hydrogen-bond acceptors (Lipinski definition) is 5. The summed E-state index contributed by atoms with van der Waals surface area (Å²) in [5.41, 5.74) is 2.40. The van der Waals surface area contributed by atoms with Crippen molar-refractivity contribution in [2.45, 2.75) is 19.1 Å². The Morgan fingerprint density at radius 1 is 0.964 bits per heavy atom. The van der Waals surface area contributed by atoms with E-state index in [-0.39, 0.29) is 12.5 Å². The molecule has 0 aliphatic carbocycles. The summed E-state index contributed by atoms with van der Waals surface area (Å²) in [5.74, 6) is -0.749. The summed E-state index contributed by atoms with van der Waals surface area (Å²) in [7, 11) is 0. The first-order chi connectivity index (χ1) is 13.8. The van der Waals surface area contributed by atoms with Crippen LogP contribution >= 0.6 is 11.3 Å². The summed E-state index contributed by atoms with van der Waals surface area (Å²) in [5, 5.41) is 16.6. The highest BCUT2D eigenvalue weighted by Gasteiger charge is 2.48. The monoisotopic (exact) mass is 392 g/mol. The van der Waals surface area contributed by atoms with Gasteiger partial charge in [-0.2, -0.15) is 0 Å². The van der Waals surface area contributed by atoms with Gasteiger partial charge in [0.15, 0.2) is 0 Å². The number of thiophene rings is 1. The number of hydroxylamine groups is 2. The first-order valence-corrected chi connectivity index (χ1v) is 9.95. The molecule has 3 aromatic rings. The molecule has 0 bridgehead atoms. The molecular formula is C22H20N2O3S. The van der Waals surface area contributed by atoms with E-state index in [1.165, 1.54) is 16.4 Å². The molecule has 5 nitrogen and oxygen atoms in total. The summed E-state index contributed by atoms with van der Waals surface area (Å²) in [6, 6.07) is 22.8. The Balaban J connectivity index is 1.63. The third-order valence-electron chi connectivity index (χ3n) is 4.81. The van der Waals surface area contributed by atoms with Gasteiger partial charge in [0, 0.05) is 4.88 Å². The number of benzene rings is 2. The lowest BCUT2D eigenvalue weighted by Gasteiger charge is -2.22. The van der Waals surface area contributed by atoms with Crippen molar-refractivity contribution in [1.29, 1.82) is 0 Å². The fourth-order valence-electron chi connectivity index (χ4n) is 3.45. The number of nitrogens with zero attached hydrogens (tertiary/aromatic N) is 2. The summed E-state index contributed by atoms with van der Waals surface area (Å²) < 4.78 is 0. The van der Waals surface area contributed by atoms with Crippen LogP contribution in [0.5, 0.6) is 0 Å². The van der Waals surface area contributed by atoms with E-state index in [1.807, 2.05) is 78.2 Å². The third-order valence-corrected chi connectivity index (χ3v) is 5.74. The second-order valence-electron chi connectivity index (χ2n) is 6.61. The smallest absolute Gasteiger partial charge is 0.256 e. The van der Waals surface area contributed by atoms with Gasteiger partial charge in [-0.3, -0.25) is 9.63 Å². The van der Waals surface area contributed by atoms with Crippen LogP contribution in [0.4, 0.5) is 0 Å². The Hall–Kier alpha value is -2.96. The zero-order chi connectivity index (χ0) is 19.3. The average molecular weight is 392 g/mol. The highest BCUT2D eigenvalue weighted by Crippen LogP contribution is 2.38. The molecule has 1 amide bonds. The van der Waals surface area contributed by atoms with Crippen molar-refractivity contribution in [2.24, 2.45) is 11.1 Å². The van der Waals surface area contributed by atoms with E-state index in [4.69, 9.17) is 4.84 Å². The highest BCUT2D eigenvalue weighted by molar-refractivity contribution is 7.10. The van der Waals surface area contributed by atoms with Gasteiger partial charge >= 0.3 is 0 Å². The summed E-state index contributed by atoms with van der Waals surface area (Å²) in [4.78, 5) is 20.1. The van der Waals surface area contributed by atoms with Crippen LogP contribution in [-0.4, -0.2) is 21.9 Å². The van der Waals surface area contributed by atoms with Gasteiger partial charge in [0.2, 0.25) is 0 Å². The van der Waals surface area contributed by atoms with Gasteiger partial charge in [0.05, 0.1) is 5.92 Å². The molecule has 0 radical (unpaired) electrons. The van der Waals surface area contributed by atoms with Crippen molar-refractivity contribution < 1.29 is 14.8 Å². The maximum Gasteiger partial charge on any atom is 0.256 e. The van der Waals surface area contributed by atoms with Crippen LogP contribution < -0.4 is 0 Å². The normalized spacial score (nSPS) is 20.8. The fraction of sp³-hybridized carbons (Fsp3) is 0.182. The second-order valence-corrected chi connectivity index (χ2v) is 7.59. The predicted octanol–water partition coefficient (Wildman–Crippen LogP) is 4.45. The van der Waals surface area contributed by atoms with Crippen molar-refractivity contribution in [2.75, 3.05) is 0 Å². The Morgan fingerprint density at radius 3 is 2.25 bits per heavy atom. The minimum atomic E-state index is -0.560. The molecule has 1 aliphatic rings. The summed E-state index contributed by atoms with van der Waals surface area (Å²) in [6.07, 6.45) is 0.464. The van der Waals surface area contributed by atoms with E-state index < -0.39 is 12.0 Å². The van der Waals surface area contributed by atoms with Gasteiger partial charge in [-0.25, -0.2) is 5.06 Å². The van der Waals surface area contributed by atoms with Crippen molar-refractivity contribution in [3.05, 3.63) is 94.2 Å². The number of carbonyl (C=O) groups excluding carboxylic acids is 1. The molecule has 1 aromatic heterocycles. The van der Waals surface area contributed by atoms with Crippen LogP contribution in [-0.2, 0) is 22.7 Å². The zero-order valence-corrected chi connectivity index (χ0v) is 16.0. The Bertz CT molecular complexity index is 942. The molecule has 142 valence electrons. The van der Waals surface area contributed by atoms with Crippen LogP contribution in [0.3, 0.4) is 0 Å². The quantitative estimate of drug-likeness (QED) is 0.498. The van der Waals surface area contributed by atoms with Gasteiger partial charge in [-0.05, 0) is 29.0 Å². The zero-order valence-electron chi connectivity index (χ0n) is 15.1. The Morgan fingerprint density at radius 2 is 1.64 bits per heavy atom. The lowest BCUT2D eigenvalue weighted by atomic mass is 9.94. The second kappa shape index (κ2) is 8.37. The summed E-state index contributed by atoms with van der Waals surface area (Å²) in [6.45, 7) is 0.269. The maximum atomic E-state index is 13.2. The number of oxime groups is 1. The molecular weight excluding hydrogens is 372 g/mol. The number of carbonyl (C=O) groups is 1. The van der Waals surface area contributed by atoms with E-state index in [2.05, 4.69) is 5.16 Å².